The number of ether oxygens (including phenoxy) is 1. The molecule has 2 atom stereocenters. The van der Waals surface area contributed by atoms with Crippen LogP contribution in [-0.4, -0.2) is 35.2 Å². The Morgan fingerprint density at radius 1 is 1.50 bits per heavy atom. The molecule has 5 nitrogen and oxygen atoms in total. The third-order valence-corrected chi connectivity index (χ3v) is 3.49. The standard InChI is InChI=1S/C15H22N2O3/c1-9-6-7-16-17-14(9)12-4-5-13(11(3)15(12)19)20-8-10(2)18/h4-5,9-10,16,18-19H,6-8H2,1-3H3. The Bertz CT molecular complexity index is 512. The predicted octanol–water partition coefficient (Wildman–Crippen LogP) is 1.79. The molecule has 110 valence electrons. The number of hydrazone groups is 1. The molecule has 0 aliphatic carbocycles. The minimum atomic E-state index is -0.539. The molecular weight excluding hydrogens is 256 g/mol. The lowest BCUT2D eigenvalue weighted by atomic mass is 9.92. The highest BCUT2D eigenvalue weighted by Crippen LogP contribution is 2.33. The average Bonchev–Trinajstić information content (AvgIpc) is 2.41. The van der Waals surface area contributed by atoms with Crippen LogP contribution in [0, 0.1) is 12.8 Å². The van der Waals surface area contributed by atoms with Gasteiger partial charge in [-0.1, -0.05) is 6.92 Å². The van der Waals surface area contributed by atoms with Crippen LogP contribution in [0.5, 0.6) is 11.5 Å². The Hall–Kier alpha value is -1.75. The third-order valence-electron chi connectivity index (χ3n) is 3.49. The second-order valence-corrected chi connectivity index (χ2v) is 5.34. The molecule has 1 aliphatic heterocycles. The SMILES string of the molecule is Cc1c(OCC(C)O)ccc(C2=NNCCC2C)c1O. The predicted molar refractivity (Wildman–Crippen MR) is 78.3 cm³/mol. The summed E-state index contributed by atoms with van der Waals surface area (Å²) in [5.74, 6) is 1.09. The summed E-state index contributed by atoms with van der Waals surface area (Å²) in [5, 5.41) is 23.9. The topological polar surface area (TPSA) is 74.1 Å². The van der Waals surface area contributed by atoms with Crippen molar-refractivity contribution in [1.82, 2.24) is 5.43 Å². The van der Waals surface area contributed by atoms with Crippen LogP contribution in [0.1, 0.15) is 31.4 Å². The summed E-state index contributed by atoms with van der Waals surface area (Å²) >= 11 is 0. The van der Waals surface area contributed by atoms with Crippen LogP contribution < -0.4 is 10.2 Å². The normalized spacial score (nSPS) is 20.0. The minimum absolute atomic E-state index is 0.197. The van der Waals surface area contributed by atoms with Gasteiger partial charge in [0, 0.05) is 23.6 Å². The van der Waals surface area contributed by atoms with E-state index in [1.807, 2.05) is 12.1 Å². The molecule has 1 aliphatic rings. The summed E-state index contributed by atoms with van der Waals surface area (Å²) in [5.41, 5.74) is 5.26. The second kappa shape index (κ2) is 6.13. The Balaban J connectivity index is 2.28. The van der Waals surface area contributed by atoms with Crippen molar-refractivity contribution in [1.29, 1.82) is 0 Å². The van der Waals surface area contributed by atoms with Crippen LogP contribution in [0.4, 0.5) is 0 Å². The maximum Gasteiger partial charge on any atom is 0.131 e. The van der Waals surface area contributed by atoms with Crippen molar-refractivity contribution in [3.63, 3.8) is 0 Å². The maximum atomic E-state index is 10.4. The van der Waals surface area contributed by atoms with Gasteiger partial charge in [-0.25, -0.2) is 0 Å². The van der Waals surface area contributed by atoms with Crippen LogP contribution in [0.25, 0.3) is 0 Å². The van der Waals surface area contributed by atoms with E-state index in [0.717, 1.165) is 24.2 Å². The van der Waals surface area contributed by atoms with E-state index < -0.39 is 6.10 Å². The summed E-state index contributed by atoms with van der Waals surface area (Å²) in [6.07, 6.45) is 0.459. The molecule has 0 fully saturated rings. The first-order chi connectivity index (χ1) is 9.50. The summed E-state index contributed by atoms with van der Waals surface area (Å²) in [6, 6.07) is 3.64. The molecule has 1 aromatic carbocycles. The number of rotatable bonds is 4. The Morgan fingerprint density at radius 2 is 2.25 bits per heavy atom. The van der Waals surface area contributed by atoms with Gasteiger partial charge in [-0.05, 0) is 32.4 Å². The fourth-order valence-corrected chi connectivity index (χ4v) is 2.25. The second-order valence-electron chi connectivity index (χ2n) is 5.34. The summed E-state index contributed by atoms with van der Waals surface area (Å²) < 4.78 is 5.48. The monoisotopic (exact) mass is 278 g/mol. The lowest BCUT2D eigenvalue weighted by Crippen LogP contribution is -2.27. The van der Waals surface area contributed by atoms with Gasteiger partial charge in [0.05, 0.1) is 11.8 Å². The molecule has 20 heavy (non-hydrogen) atoms. The zero-order valence-corrected chi connectivity index (χ0v) is 12.2. The maximum absolute atomic E-state index is 10.4. The molecule has 0 amide bonds. The van der Waals surface area contributed by atoms with Gasteiger partial charge >= 0.3 is 0 Å². The summed E-state index contributed by atoms with van der Waals surface area (Å²) in [6.45, 7) is 6.64. The van der Waals surface area contributed by atoms with Crippen LogP contribution in [0.2, 0.25) is 0 Å². The van der Waals surface area contributed by atoms with Gasteiger partial charge in [0.2, 0.25) is 0 Å². The molecule has 0 aromatic heterocycles. The Kier molecular flexibility index (Phi) is 4.49. The van der Waals surface area contributed by atoms with Gasteiger partial charge in [0.1, 0.15) is 18.1 Å². The quantitative estimate of drug-likeness (QED) is 0.785. The van der Waals surface area contributed by atoms with Crippen LogP contribution in [0.3, 0.4) is 0 Å². The molecule has 2 unspecified atom stereocenters. The van der Waals surface area contributed by atoms with E-state index in [4.69, 9.17) is 4.74 Å². The number of benzene rings is 1. The molecule has 0 saturated heterocycles. The number of aromatic hydroxyl groups is 1. The minimum Gasteiger partial charge on any atom is -0.507 e. The number of nitrogens with one attached hydrogen (secondary N) is 1. The van der Waals surface area contributed by atoms with Gasteiger partial charge in [-0.3, -0.25) is 0 Å². The van der Waals surface area contributed by atoms with Crippen LogP contribution >= 0.6 is 0 Å². The molecule has 0 spiro atoms. The number of phenols is 1. The van der Waals surface area contributed by atoms with Crippen LogP contribution in [0.15, 0.2) is 17.2 Å². The highest BCUT2D eigenvalue weighted by Gasteiger charge is 2.21. The zero-order valence-electron chi connectivity index (χ0n) is 12.2. The Labute approximate surface area is 119 Å². The van der Waals surface area contributed by atoms with E-state index in [1.165, 1.54) is 0 Å². The number of phenolic OH excluding ortho intramolecular Hbond substituents is 1. The van der Waals surface area contributed by atoms with Crippen molar-refractivity contribution in [2.24, 2.45) is 11.0 Å². The van der Waals surface area contributed by atoms with E-state index in [9.17, 15) is 10.2 Å². The van der Waals surface area contributed by atoms with Gasteiger partial charge < -0.3 is 20.4 Å². The molecule has 2 rings (SSSR count). The molecule has 5 heteroatoms. The largest absolute Gasteiger partial charge is 0.507 e. The number of hydrogen-bond acceptors (Lipinski definition) is 5. The molecule has 1 heterocycles. The van der Waals surface area contributed by atoms with Gasteiger partial charge in [-0.15, -0.1) is 0 Å². The third kappa shape index (κ3) is 3.04. The zero-order chi connectivity index (χ0) is 14.7. The Morgan fingerprint density at radius 3 is 2.90 bits per heavy atom. The van der Waals surface area contributed by atoms with Crippen molar-refractivity contribution >= 4 is 5.71 Å². The lowest BCUT2D eigenvalue weighted by molar-refractivity contribution is 0.122. The molecule has 0 bridgehead atoms. The van der Waals surface area contributed by atoms with Gasteiger partial charge in [-0.2, -0.15) is 5.10 Å². The lowest BCUT2D eigenvalue weighted by Gasteiger charge is -2.22. The van der Waals surface area contributed by atoms with Gasteiger partial charge in [0.15, 0.2) is 0 Å². The van der Waals surface area contributed by atoms with Crippen molar-refractivity contribution in [2.75, 3.05) is 13.2 Å². The highest BCUT2D eigenvalue weighted by atomic mass is 16.5. The molecule has 0 radical (unpaired) electrons. The number of hydrogen-bond donors (Lipinski definition) is 3. The van der Waals surface area contributed by atoms with Gasteiger partial charge in [0.25, 0.3) is 0 Å². The summed E-state index contributed by atoms with van der Waals surface area (Å²) in [7, 11) is 0. The average molecular weight is 278 g/mol. The first kappa shape index (κ1) is 14.7. The van der Waals surface area contributed by atoms with E-state index in [2.05, 4.69) is 17.5 Å². The van der Waals surface area contributed by atoms with Crippen molar-refractivity contribution in [3.05, 3.63) is 23.3 Å². The van der Waals surface area contributed by atoms with Crippen molar-refractivity contribution < 1.29 is 14.9 Å². The highest BCUT2D eigenvalue weighted by molar-refractivity contribution is 6.04. The number of nitrogens with zero attached hydrogens (tertiary/aromatic N) is 1. The van der Waals surface area contributed by atoms with Crippen molar-refractivity contribution in [2.45, 2.75) is 33.3 Å². The smallest absolute Gasteiger partial charge is 0.131 e. The van der Waals surface area contributed by atoms with E-state index >= 15 is 0 Å². The fourth-order valence-electron chi connectivity index (χ4n) is 2.25. The molecular formula is C15H22N2O3. The number of aliphatic hydroxyl groups is 1. The number of aliphatic hydroxyl groups excluding tert-OH is 1. The van der Waals surface area contributed by atoms with E-state index in [-0.39, 0.29) is 12.4 Å². The molecule has 0 saturated carbocycles. The van der Waals surface area contributed by atoms with E-state index in [0.29, 0.717) is 17.2 Å². The first-order valence-corrected chi connectivity index (χ1v) is 6.95. The first-order valence-electron chi connectivity index (χ1n) is 6.95. The molecule has 3 N–H and O–H groups in total. The van der Waals surface area contributed by atoms with Crippen molar-refractivity contribution in [3.8, 4) is 11.5 Å². The molecule has 1 aromatic rings. The van der Waals surface area contributed by atoms with Crippen LogP contribution in [-0.2, 0) is 0 Å². The van der Waals surface area contributed by atoms with E-state index in [1.54, 1.807) is 13.8 Å². The fraction of sp³-hybridized carbons (Fsp3) is 0.533. The summed E-state index contributed by atoms with van der Waals surface area (Å²) in [4.78, 5) is 0.